The molecule has 0 aromatic heterocycles. The molecule has 0 aliphatic rings. The van der Waals surface area contributed by atoms with Gasteiger partial charge in [0.2, 0.25) is 5.91 Å². The Morgan fingerprint density at radius 1 is 0.742 bits per heavy atom. The molecule has 0 saturated heterocycles. The molecule has 0 spiro atoms. The smallest absolute Gasteiger partial charge is 0.220 e. The van der Waals surface area contributed by atoms with Crippen LogP contribution in [-0.4, -0.2) is 68.4 Å². The predicted molar refractivity (Wildman–Crippen MR) is 121 cm³/mol. The first-order chi connectivity index (χ1) is 15.0. The quantitative estimate of drug-likeness (QED) is 0.0732. The van der Waals surface area contributed by atoms with Gasteiger partial charge in [-0.25, -0.2) is 0 Å². The van der Waals surface area contributed by atoms with Crippen LogP contribution >= 0.6 is 0 Å². The molecule has 0 rings (SSSR count). The zero-order chi connectivity index (χ0) is 23.3. The second-order valence-electron chi connectivity index (χ2n) is 8.09. The molecule has 4 atom stereocenters. The van der Waals surface area contributed by atoms with Crippen LogP contribution in [0.4, 0.5) is 0 Å². The number of rotatable bonds is 20. The fourth-order valence-corrected chi connectivity index (χ4v) is 3.41. The standard InChI is InChI=1S/C22H43N3O6/c1-2-3-4-5-6-7-8-9-10-11-12-13-14-15-20(27)25-18(16-23-30)21(28)22(29)19(26)17-24-31/h16-19,21-22,26,28-31H,2-15H2,1H3,(H,25,27)/b23-16+,24-17+/t18-,19+,21+,22+/m0/s1. The summed E-state index contributed by atoms with van der Waals surface area (Å²) in [7, 11) is 0. The van der Waals surface area contributed by atoms with Crippen molar-refractivity contribution in [2.45, 2.75) is 121 Å². The molecule has 0 radical (unpaired) electrons. The van der Waals surface area contributed by atoms with E-state index < -0.39 is 24.4 Å². The van der Waals surface area contributed by atoms with Crippen LogP contribution in [-0.2, 0) is 4.79 Å². The molecule has 182 valence electrons. The van der Waals surface area contributed by atoms with Gasteiger partial charge in [-0.15, -0.1) is 0 Å². The minimum absolute atomic E-state index is 0.247. The van der Waals surface area contributed by atoms with E-state index in [-0.39, 0.29) is 12.3 Å². The van der Waals surface area contributed by atoms with Crippen LogP contribution in [0.2, 0.25) is 0 Å². The SMILES string of the molecule is CCCCCCCCCCCCCCCC(=O)N[C@@H](/C=N/O)[C@@H](O)[C@H](O)[C@H](O)/C=N/O. The molecule has 0 aromatic carbocycles. The van der Waals surface area contributed by atoms with Gasteiger partial charge >= 0.3 is 0 Å². The maximum absolute atomic E-state index is 12.1. The Labute approximate surface area is 186 Å². The largest absolute Gasteiger partial charge is 0.411 e. The summed E-state index contributed by atoms with van der Waals surface area (Å²) in [6.07, 6.45) is 12.4. The predicted octanol–water partition coefficient (Wildman–Crippen LogP) is 2.96. The number of aliphatic hydroxyl groups excluding tert-OH is 3. The number of oxime groups is 2. The molecule has 0 bridgehead atoms. The molecule has 0 heterocycles. The van der Waals surface area contributed by atoms with Crippen molar-refractivity contribution in [3.63, 3.8) is 0 Å². The Bertz CT molecular complexity index is 490. The molecular formula is C22H43N3O6. The highest BCUT2D eigenvalue weighted by molar-refractivity contribution is 5.81. The second-order valence-corrected chi connectivity index (χ2v) is 8.09. The Balaban J connectivity index is 3.90. The summed E-state index contributed by atoms with van der Waals surface area (Å²) in [5.41, 5.74) is 0. The number of carbonyl (C=O) groups is 1. The van der Waals surface area contributed by atoms with Gasteiger partial charge < -0.3 is 31.1 Å². The highest BCUT2D eigenvalue weighted by Crippen LogP contribution is 2.13. The number of hydrogen-bond acceptors (Lipinski definition) is 8. The Kier molecular flexibility index (Phi) is 19.1. The number of nitrogens with zero attached hydrogens (tertiary/aromatic N) is 2. The molecule has 31 heavy (non-hydrogen) atoms. The van der Waals surface area contributed by atoms with Gasteiger partial charge in [0.25, 0.3) is 0 Å². The molecule has 0 aromatic rings. The lowest BCUT2D eigenvalue weighted by Crippen LogP contribution is -2.53. The highest BCUT2D eigenvalue weighted by Gasteiger charge is 2.31. The molecule has 0 aliphatic heterocycles. The van der Waals surface area contributed by atoms with Crippen LogP contribution < -0.4 is 5.32 Å². The number of amides is 1. The van der Waals surface area contributed by atoms with Gasteiger partial charge in [-0.1, -0.05) is 94.3 Å². The highest BCUT2D eigenvalue weighted by atomic mass is 16.4. The van der Waals surface area contributed by atoms with E-state index in [1.54, 1.807) is 0 Å². The van der Waals surface area contributed by atoms with Crippen LogP contribution in [0.25, 0.3) is 0 Å². The number of unbranched alkanes of at least 4 members (excludes halogenated alkanes) is 12. The molecule has 9 nitrogen and oxygen atoms in total. The number of hydrogen-bond donors (Lipinski definition) is 6. The summed E-state index contributed by atoms with van der Waals surface area (Å²) >= 11 is 0. The van der Waals surface area contributed by atoms with Crippen molar-refractivity contribution >= 4 is 18.3 Å². The fraction of sp³-hybridized carbons (Fsp3) is 0.864. The second kappa shape index (κ2) is 20.2. The first kappa shape index (κ1) is 29.3. The third-order valence-electron chi connectivity index (χ3n) is 5.35. The monoisotopic (exact) mass is 445 g/mol. The Hall–Kier alpha value is -1.71. The third-order valence-corrected chi connectivity index (χ3v) is 5.35. The minimum Gasteiger partial charge on any atom is -0.411 e. The molecule has 6 N–H and O–H groups in total. The van der Waals surface area contributed by atoms with Gasteiger partial charge in [-0.05, 0) is 6.42 Å². The first-order valence-corrected chi connectivity index (χ1v) is 11.7. The molecule has 0 aliphatic carbocycles. The van der Waals surface area contributed by atoms with E-state index in [9.17, 15) is 20.1 Å². The summed E-state index contributed by atoms with van der Waals surface area (Å²) in [6.45, 7) is 2.23. The Morgan fingerprint density at radius 3 is 1.65 bits per heavy atom. The first-order valence-electron chi connectivity index (χ1n) is 11.7. The lowest BCUT2D eigenvalue weighted by atomic mass is 10.0. The zero-order valence-electron chi connectivity index (χ0n) is 18.9. The van der Waals surface area contributed by atoms with Crippen LogP contribution in [0.3, 0.4) is 0 Å². The van der Waals surface area contributed by atoms with E-state index in [0.717, 1.165) is 25.5 Å². The van der Waals surface area contributed by atoms with E-state index >= 15 is 0 Å². The van der Waals surface area contributed by atoms with Crippen molar-refractivity contribution in [3.05, 3.63) is 0 Å². The van der Waals surface area contributed by atoms with Gasteiger partial charge in [0.15, 0.2) is 0 Å². The van der Waals surface area contributed by atoms with E-state index in [0.29, 0.717) is 12.6 Å². The summed E-state index contributed by atoms with van der Waals surface area (Å²) in [5, 5.41) is 54.4. The van der Waals surface area contributed by atoms with Crippen LogP contribution in [0.15, 0.2) is 10.3 Å². The van der Waals surface area contributed by atoms with Gasteiger partial charge in [0.1, 0.15) is 18.3 Å². The maximum Gasteiger partial charge on any atom is 0.220 e. The summed E-state index contributed by atoms with van der Waals surface area (Å²) in [6, 6.07) is -1.20. The van der Waals surface area contributed by atoms with Crippen molar-refractivity contribution in [1.82, 2.24) is 5.32 Å². The van der Waals surface area contributed by atoms with E-state index in [1.807, 2.05) is 0 Å². The average Bonchev–Trinajstić information content (AvgIpc) is 2.75. The molecule has 0 saturated carbocycles. The topological polar surface area (TPSA) is 155 Å². The number of carbonyl (C=O) groups excluding carboxylic acids is 1. The summed E-state index contributed by atoms with van der Waals surface area (Å²) < 4.78 is 0. The zero-order valence-corrected chi connectivity index (χ0v) is 18.9. The van der Waals surface area contributed by atoms with Crippen molar-refractivity contribution in [1.29, 1.82) is 0 Å². The third kappa shape index (κ3) is 15.7. The molecular weight excluding hydrogens is 402 g/mol. The van der Waals surface area contributed by atoms with Crippen molar-refractivity contribution in [2.24, 2.45) is 10.3 Å². The van der Waals surface area contributed by atoms with Gasteiger partial charge in [-0.2, -0.15) is 0 Å². The lowest BCUT2D eigenvalue weighted by Gasteiger charge is -2.26. The van der Waals surface area contributed by atoms with Crippen LogP contribution in [0, 0.1) is 0 Å². The normalized spacial score (nSPS) is 15.9. The van der Waals surface area contributed by atoms with E-state index in [4.69, 9.17) is 10.4 Å². The maximum atomic E-state index is 12.1. The number of aliphatic hydroxyl groups is 3. The molecule has 0 unspecified atom stereocenters. The Morgan fingerprint density at radius 2 is 1.19 bits per heavy atom. The van der Waals surface area contributed by atoms with Crippen LogP contribution in [0.5, 0.6) is 0 Å². The van der Waals surface area contributed by atoms with Gasteiger partial charge in [-0.3, -0.25) is 4.79 Å². The lowest BCUT2D eigenvalue weighted by molar-refractivity contribution is -0.123. The minimum atomic E-state index is -1.74. The number of nitrogens with one attached hydrogen (secondary N) is 1. The van der Waals surface area contributed by atoms with Crippen molar-refractivity contribution in [2.75, 3.05) is 0 Å². The summed E-state index contributed by atoms with van der Waals surface area (Å²) in [5.74, 6) is -0.357. The molecule has 9 heteroatoms. The molecule has 1 amide bonds. The van der Waals surface area contributed by atoms with Crippen molar-refractivity contribution < 1.29 is 30.5 Å². The van der Waals surface area contributed by atoms with Gasteiger partial charge in [0, 0.05) is 6.42 Å². The van der Waals surface area contributed by atoms with E-state index in [2.05, 4.69) is 22.6 Å². The fourth-order valence-electron chi connectivity index (χ4n) is 3.41. The van der Waals surface area contributed by atoms with Gasteiger partial charge in [0.05, 0.1) is 18.5 Å². The average molecular weight is 446 g/mol. The van der Waals surface area contributed by atoms with Crippen molar-refractivity contribution in [3.8, 4) is 0 Å². The van der Waals surface area contributed by atoms with Crippen LogP contribution in [0.1, 0.15) is 96.8 Å². The summed E-state index contributed by atoms with van der Waals surface area (Å²) in [4.78, 5) is 12.1. The van der Waals surface area contributed by atoms with E-state index in [1.165, 1.54) is 57.8 Å². The molecule has 0 fully saturated rings.